The molecular weight excluding hydrogens is 260 g/mol. The number of aliphatic hydroxyl groups is 2. The summed E-state index contributed by atoms with van der Waals surface area (Å²) >= 11 is 0. The van der Waals surface area contributed by atoms with Crippen LogP contribution in [-0.4, -0.2) is 22.4 Å². The van der Waals surface area contributed by atoms with Crippen LogP contribution >= 0.6 is 0 Å². The zero-order valence-corrected chi connectivity index (χ0v) is 13.3. The van der Waals surface area contributed by atoms with Crippen LogP contribution in [0.4, 0.5) is 0 Å². The Labute approximate surface area is 129 Å². The highest BCUT2D eigenvalue weighted by Gasteiger charge is 2.58. The molecular formula is C19H32O2. The van der Waals surface area contributed by atoms with Crippen molar-refractivity contribution >= 4 is 0 Å². The maximum atomic E-state index is 9.90. The number of hydrogen-bond acceptors (Lipinski definition) is 2. The molecule has 0 aliphatic heterocycles. The molecule has 2 bridgehead atoms. The van der Waals surface area contributed by atoms with Crippen LogP contribution in [0.1, 0.15) is 77.0 Å². The Morgan fingerprint density at radius 2 is 1.05 bits per heavy atom. The zero-order chi connectivity index (χ0) is 14.4. The van der Waals surface area contributed by atoms with Crippen LogP contribution in [0.5, 0.6) is 0 Å². The summed E-state index contributed by atoms with van der Waals surface area (Å²) in [4.78, 5) is 0. The van der Waals surface area contributed by atoms with E-state index in [2.05, 4.69) is 0 Å². The normalized spacial score (nSPS) is 54.0. The van der Waals surface area contributed by atoms with E-state index in [0.717, 1.165) is 49.4 Å². The van der Waals surface area contributed by atoms with Crippen molar-refractivity contribution in [3.8, 4) is 0 Å². The fourth-order valence-electron chi connectivity index (χ4n) is 6.98. The van der Waals surface area contributed by atoms with Gasteiger partial charge in [-0.2, -0.15) is 0 Å². The van der Waals surface area contributed by atoms with Gasteiger partial charge >= 0.3 is 0 Å². The molecule has 2 N–H and O–H groups in total. The summed E-state index contributed by atoms with van der Waals surface area (Å²) in [5, 5.41) is 19.8. The van der Waals surface area contributed by atoms with E-state index in [4.69, 9.17) is 0 Å². The second-order valence-corrected chi connectivity index (χ2v) is 8.70. The molecule has 0 spiro atoms. The fraction of sp³-hybridized carbons (Fsp3) is 1.00. The van der Waals surface area contributed by atoms with E-state index < -0.39 is 0 Å². The lowest BCUT2D eigenvalue weighted by Gasteiger charge is -2.53. The molecule has 4 rings (SSSR count). The third-order valence-corrected chi connectivity index (χ3v) is 7.86. The van der Waals surface area contributed by atoms with E-state index in [0.29, 0.717) is 5.41 Å². The summed E-state index contributed by atoms with van der Waals surface area (Å²) in [6.45, 7) is 0. The zero-order valence-electron chi connectivity index (χ0n) is 13.3. The lowest BCUT2D eigenvalue weighted by molar-refractivity contribution is -0.0567. The van der Waals surface area contributed by atoms with Crippen molar-refractivity contribution in [3.63, 3.8) is 0 Å². The molecule has 120 valence electrons. The van der Waals surface area contributed by atoms with Gasteiger partial charge in [0.2, 0.25) is 0 Å². The largest absolute Gasteiger partial charge is 0.393 e. The Morgan fingerprint density at radius 3 is 1.43 bits per heavy atom. The molecule has 0 amide bonds. The van der Waals surface area contributed by atoms with Crippen LogP contribution in [0.25, 0.3) is 0 Å². The molecule has 4 fully saturated rings. The highest BCUT2D eigenvalue weighted by molar-refractivity contribution is 5.07. The monoisotopic (exact) mass is 292 g/mol. The maximum absolute atomic E-state index is 9.90. The minimum Gasteiger partial charge on any atom is -0.393 e. The van der Waals surface area contributed by atoms with Crippen molar-refractivity contribution in [1.29, 1.82) is 0 Å². The van der Waals surface area contributed by atoms with E-state index in [1.807, 2.05) is 0 Å². The highest BCUT2D eigenvalue weighted by Crippen LogP contribution is 2.66. The number of hydrogen-bond donors (Lipinski definition) is 2. The van der Waals surface area contributed by atoms with Gasteiger partial charge in [0.05, 0.1) is 12.2 Å². The average molecular weight is 292 g/mol. The van der Waals surface area contributed by atoms with Crippen molar-refractivity contribution < 1.29 is 10.2 Å². The molecule has 0 unspecified atom stereocenters. The van der Waals surface area contributed by atoms with Crippen molar-refractivity contribution in [2.24, 2.45) is 29.1 Å². The summed E-state index contributed by atoms with van der Waals surface area (Å²) < 4.78 is 0. The van der Waals surface area contributed by atoms with Gasteiger partial charge < -0.3 is 10.2 Å². The van der Waals surface area contributed by atoms with Gasteiger partial charge in [0, 0.05) is 0 Å². The average Bonchev–Trinajstić information content (AvgIpc) is 3.10. The van der Waals surface area contributed by atoms with Gasteiger partial charge in [-0.3, -0.25) is 0 Å². The molecule has 2 atom stereocenters. The molecule has 0 aromatic heterocycles. The number of fused-ring (bicyclic) bond motifs is 2. The lowest BCUT2D eigenvalue weighted by Crippen LogP contribution is -2.46. The van der Waals surface area contributed by atoms with E-state index in [-0.39, 0.29) is 12.2 Å². The standard InChI is InChI=1S/C19H32O2/c20-17-7-3-14(4-8-17)19(12-13-1-2-16(19)11-13)15-5-9-18(21)10-6-15/h13-18,20-21H,1-12H2/t13-,14?,15?,16-,17?,18?,19?/m0/s1. The van der Waals surface area contributed by atoms with Crippen LogP contribution in [0, 0.1) is 29.1 Å². The summed E-state index contributed by atoms with van der Waals surface area (Å²) in [6.07, 6.45) is 15.1. The first-order valence-corrected chi connectivity index (χ1v) is 9.54. The first-order valence-electron chi connectivity index (χ1n) is 9.54. The lowest BCUT2D eigenvalue weighted by atomic mass is 9.52. The predicted octanol–water partition coefficient (Wildman–Crippen LogP) is 3.90. The second-order valence-electron chi connectivity index (χ2n) is 8.70. The second kappa shape index (κ2) is 5.53. The van der Waals surface area contributed by atoms with Crippen LogP contribution < -0.4 is 0 Å². The maximum Gasteiger partial charge on any atom is 0.0540 e. The first kappa shape index (κ1) is 14.5. The van der Waals surface area contributed by atoms with Crippen LogP contribution in [0.15, 0.2) is 0 Å². The molecule has 4 aliphatic carbocycles. The third kappa shape index (κ3) is 2.37. The van der Waals surface area contributed by atoms with Crippen molar-refractivity contribution in [3.05, 3.63) is 0 Å². The smallest absolute Gasteiger partial charge is 0.0540 e. The molecule has 4 saturated carbocycles. The van der Waals surface area contributed by atoms with Gasteiger partial charge in [-0.1, -0.05) is 6.42 Å². The van der Waals surface area contributed by atoms with Gasteiger partial charge in [0.15, 0.2) is 0 Å². The topological polar surface area (TPSA) is 40.5 Å². The molecule has 21 heavy (non-hydrogen) atoms. The van der Waals surface area contributed by atoms with Crippen molar-refractivity contribution in [1.82, 2.24) is 0 Å². The Balaban J connectivity index is 1.57. The minimum atomic E-state index is -0.0231. The van der Waals surface area contributed by atoms with Crippen molar-refractivity contribution in [2.45, 2.75) is 89.3 Å². The molecule has 2 heteroatoms. The van der Waals surface area contributed by atoms with Crippen LogP contribution in [0.3, 0.4) is 0 Å². The Hall–Kier alpha value is -0.0800. The number of rotatable bonds is 2. The third-order valence-electron chi connectivity index (χ3n) is 7.86. The van der Waals surface area contributed by atoms with E-state index in [1.165, 1.54) is 51.4 Å². The molecule has 0 saturated heterocycles. The van der Waals surface area contributed by atoms with Crippen molar-refractivity contribution in [2.75, 3.05) is 0 Å². The number of aliphatic hydroxyl groups excluding tert-OH is 2. The van der Waals surface area contributed by atoms with Gasteiger partial charge in [-0.25, -0.2) is 0 Å². The van der Waals surface area contributed by atoms with Crippen LogP contribution in [-0.2, 0) is 0 Å². The molecule has 0 aromatic rings. The fourth-order valence-corrected chi connectivity index (χ4v) is 6.98. The van der Waals surface area contributed by atoms with E-state index in [1.54, 1.807) is 0 Å². The molecule has 0 radical (unpaired) electrons. The minimum absolute atomic E-state index is 0.0231. The van der Waals surface area contributed by atoms with Crippen LogP contribution in [0.2, 0.25) is 0 Å². The van der Waals surface area contributed by atoms with Gasteiger partial charge in [-0.15, -0.1) is 0 Å². The first-order chi connectivity index (χ1) is 10.2. The molecule has 4 aliphatic rings. The Kier molecular flexibility index (Phi) is 3.82. The van der Waals surface area contributed by atoms with Gasteiger partial charge in [0.25, 0.3) is 0 Å². The van der Waals surface area contributed by atoms with Gasteiger partial charge in [0.1, 0.15) is 0 Å². The predicted molar refractivity (Wildman–Crippen MR) is 83.8 cm³/mol. The molecule has 0 heterocycles. The molecule has 2 nitrogen and oxygen atoms in total. The molecule has 0 aromatic carbocycles. The van der Waals surface area contributed by atoms with E-state index >= 15 is 0 Å². The SMILES string of the molecule is OC1CCC(C2(C3CCC(O)CC3)C[C@H]3CC[C@H]2C3)CC1. The Morgan fingerprint density at radius 1 is 0.571 bits per heavy atom. The summed E-state index contributed by atoms with van der Waals surface area (Å²) in [6, 6.07) is 0. The van der Waals surface area contributed by atoms with Gasteiger partial charge in [-0.05, 0) is 99.7 Å². The van der Waals surface area contributed by atoms with E-state index in [9.17, 15) is 10.2 Å². The summed E-state index contributed by atoms with van der Waals surface area (Å²) in [7, 11) is 0. The summed E-state index contributed by atoms with van der Waals surface area (Å²) in [5.41, 5.74) is 0.600. The highest BCUT2D eigenvalue weighted by atomic mass is 16.3. The quantitative estimate of drug-likeness (QED) is 0.810. The summed E-state index contributed by atoms with van der Waals surface area (Å²) in [5.74, 6) is 3.73. The Bertz CT molecular complexity index is 342.